The molecule has 130 valence electrons. The molecule has 0 amide bonds. The summed E-state index contributed by atoms with van der Waals surface area (Å²) in [5.41, 5.74) is 1.92. The largest absolute Gasteiger partial charge is 0.334 e. The highest BCUT2D eigenvalue weighted by atomic mass is 32.2. The maximum absolute atomic E-state index is 12.1. The molecular formula is C16H22N4O3S. The molecule has 1 atom stereocenters. The van der Waals surface area contributed by atoms with Crippen LogP contribution in [0.1, 0.15) is 24.7 Å². The second-order valence-corrected chi connectivity index (χ2v) is 7.92. The van der Waals surface area contributed by atoms with Crippen molar-refractivity contribution in [2.75, 3.05) is 19.6 Å². The Hall–Kier alpha value is -1.77. The molecule has 3 rings (SSSR count). The summed E-state index contributed by atoms with van der Waals surface area (Å²) in [6.45, 7) is 3.68. The van der Waals surface area contributed by atoms with E-state index in [1.807, 2.05) is 31.2 Å². The number of rotatable bonds is 7. The quantitative estimate of drug-likeness (QED) is 0.777. The van der Waals surface area contributed by atoms with Gasteiger partial charge in [-0.15, -0.1) is 0 Å². The van der Waals surface area contributed by atoms with Crippen molar-refractivity contribution < 1.29 is 12.9 Å². The first-order valence-corrected chi connectivity index (χ1v) is 9.74. The summed E-state index contributed by atoms with van der Waals surface area (Å²) in [6, 6.07) is 7.74. The minimum atomic E-state index is -3.23. The van der Waals surface area contributed by atoms with Crippen LogP contribution in [0.15, 0.2) is 28.8 Å². The van der Waals surface area contributed by atoms with Gasteiger partial charge in [0.1, 0.15) is 0 Å². The maximum atomic E-state index is 12.1. The molecule has 24 heavy (non-hydrogen) atoms. The van der Waals surface area contributed by atoms with E-state index in [1.165, 1.54) is 0 Å². The van der Waals surface area contributed by atoms with Gasteiger partial charge in [-0.1, -0.05) is 24.2 Å². The molecule has 0 radical (unpaired) electrons. The topological polar surface area (TPSA) is 97.1 Å². The van der Waals surface area contributed by atoms with Gasteiger partial charge in [0.15, 0.2) is 5.82 Å². The van der Waals surface area contributed by atoms with Crippen molar-refractivity contribution in [3.8, 4) is 11.5 Å². The first kappa shape index (κ1) is 17.1. The molecule has 1 aromatic carbocycles. The Labute approximate surface area is 141 Å². The Balaban J connectivity index is 1.54. The average Bonchev–Trinajstić information content (AvgIpc) is 3.27. The van der Waals surface area contributed by atoms with Crippen LogP contribution in [0.3, 0.4) is 0 Å². The molecule has 1 fully saturated rings. The smallest absolute Gasteiger partial charge is 0.257 e. The highest BCUT2D eigenvalue weighted by Crippen LogP contribution is 2.18. The fraction of sp³-hybridized carbons (Fsp3) is 0.500. The van der Waals surface area contributed by atoms with Gasteiger partial charge in [-0.2, -0.15) is 4.98 Å². The van der Waals surface area contributed by atoms with Crippen LogP contribution in [-0.2, 0) is 22.9 Å². The molecule has 1 unspecified atom stereocenters. The third-order valence-electron chi connectivity index (χ3n) is 4.16. The van der Waals surface area contributed by atoms with Gasteiger partial charge in [0.2, 0.25) is 10.0 Å². The summed E-state index contributed by atoms with van der Waals surface area (Å²) in [5.74, 6) is 1.19. The van der Waals surface area contributed by atoms with Crippen LogP contribution in [-0.4, -0.2) is 43.4 Å². The average molecular weight is 350 g/mol. The number of nitrogens with one attached hydrogen (secondary N) is 2. The van der Waals surface area contributed by atoms with Crippen molar-refractivity contribution in [2.45, 2.75) is 31.4 Å². The van der Waals surface area contributed by atoms with Crippen molar-refractivity contribution in [3.63, 3.8) is 0 Å². The second-order valence-electron chi connectivity index (χ2n) is 5.87. The molecule has 0 saturated carbocycles. The molecule has 8 heteroatoms. The summed E-state index contributed by atoms with van der Waals surface area (Å²) >= 11 is 0. The Morgan fingerprint density at radius 2 is 2.12 bits per heavy atom. The van der Waals surface area contributed by atoms with E-state index in [1.54, 1.807) is 0 Å². The fourth-order valence-electron chi connectivity index (χ4n) is 2.68. The van der Waals surface area contributed by atoms with E-state index >= 15 is 0 Å². The van der Waals surface area contributed by atoms with Gasteiger partial charge >= 0.3 is 0 Å². The lowest BCUT2D eigenvalue weighted by atomic mass is 10.1. The van der Waals surface area contributed by atoms with Crippen molar-refractivity contribution in [1.29, 1.82) is 0 Å². The lowest BCUT2D eigenvalue weighted by molar-refractivity contribution is 0.423. The van der Waals surface area contributed by atoms with Crippen LogP contribution >= 0.6 is 0 Å². The van der Waals surface area contributed by atoms with Crippen molar-refractivity contribution >= 4 is 10.0 Å². The first-order valence-electron chi connectivity index (χ1n) is 8.19. The highest BCUT2D eigenvalue weighted by molar-refractivity contribution is 7.90. The van der Waals surface area contributed by atoms with Crippen molar-refractivity contribution in [3.05, 3.63) is 35.7 Å². The molecule has 7 nitrogen and oxygen atoms in total. The van der Waals surface area contributed by atoms with Crippen LogP contribution in [0.4, 0.5) is 0 Å². The zero-order valence-electron chi connectivity index (χ0n) is 13.7. The van der Waals surface area contributed by atoms with E-state index in [4.69, 9.17) is 4.52 Å². The number of benzene rings is 1. The minimum Gasteiger partial charge on any atom is -0.334 e. The molecule has 1 aliphatic rings. The van der Waals surface area contributed by atoms with E-state index in [9.17, 15) is 8.42 Å². The normalized spacial score (nSPS) is 18.1. The van der Waals surface area contributed by atoms with Crippen LogP contribution in [0.5, 0.6) is 0 Å². The predicted octanol–water partition coefficient (Wildman–Crippen LogP) is 1.12. The monoisotopic (exact) mass is 350 g/mol. The van der Waals surface area contributed by atoms with E-state index < -0.39 is 10.0 Å². The zero-order valence-corrected chi connectivity index (χ0v) is 14.5. The van der Waals surface area contributed by atoms with Crippen LogP contribution in [0.2, 0.25) is 0 Å². The molecule has 1 aromatic heterocycles. The van der Waals surface area contributed by atoms with Gasteiger partial charge in [-0.25, -0.2) is 13.1 Å². The van der Waals surface area contributed by atoms with Gasteiger partial charge in [-0.05, 0) is 37.1 Å². The standard InChI is InChI=1S/C16H22N4O3S/c1-2-15-19-16(23-20-15)13-5-3-12(4-6-13)7-10-18-24(21,22)14-8-9-17-11-14/h3-6,14,17-18H,2,7-11H2,1H3. The number of nitrogens with zero attached hydrogens (tertiary/aromatic N) is 2. The van der Waals surface area contributed by atoms with E-state index in [2.05, 4.69) is 20.2 Å². The van der Waals surface area contributed by atoms with E-state index in [0.717, 1.165) is 24.1 Å². The molecule has 2 aromatic rings. The summed E-state index contributed by atoms with van der Waals surface area (Å²) in [6.07, 6.45) is 2.05. The van der Waals surface area contributed by atoms with Crippen molar-refractivity contribution in [1.82, 2.24) is 20.2 Å². The number of sulfonamides is 1. The molecule has 2 heterocycles. The Morgan fingerprint density at radius 3 is 2.75 bits per heavy atom. The number of aryl methyl sites for hydroxylation is 1. The summed E-state index contributed by atoms with van der Waals surface area (Å²) < 4.78 is 32.1. The minimum absolute atomic E-state index is 0.315. The maximum Gasteiger partial charge on any atom is 0.257 e. The third kappa shape index (κ3) is 4.00. The molecule has 2 N–H and O–H groups in total. The molecule has 1 aliphatic heterocycles. The van der Waals surface area contributed by atoms with Gasteiger partial charge in [0.25, 0.3) is 5.89 Å². The molecular weight excluding hydrogens is 328 g/mol. The molecule has 0 aliphatic carbocycles. The van der Waals surface area contributed by atoms with Gasteiger partial charge < -0.3 is 9.84 Å². The second kappa shape index (κ2) is 7.42. The Bertz CT molecular complexity index is 765. The van der Waals surface area contributed by atoms with Gasteiger partial charge in [0.05, 0.1) is 5.25 Å². The van der Waals surface area contributed by atoms with Gasteiger partial charge in [0, 0.05) is 25.1 Å². The lowest BCUT2D eigenvalue weighted by Gasteiger charge is -2.11. The predicted molar refractivity (Wildman–Crippen MR) is 91.0 cm³/mol. The van der Waals surface area contributed by atoms with Crippen LogP contribution in [0.25, 0.3) is 11.5 Å². The lowest BCUT2D eigenvalue weighted by Crippen LogP contribution is -2.36. The van der Waals surface area contributed by atoms with Crippen LogP contribution < -0.4 is 10.0 Å². The van der Waals surface area contributed by atoms with Crippen molar-refractivity contribution in [2.24, 2.45) is 0 Å². The van der Waals surface area contributed by atoms with E-state index in [0.29, 0.717) is 37.6 Å². The molecule has 0 spiro atoms. The highest BCUT2D eigenvalue weighted by Gasteiger charge is 2.27. The first-order chi connectivity index (χ1) is 11.6. The number of hydrogen-bond donors (Lipinski definition) is 2. The third-order valence-corrected chi connectivity index (χ3v) is 6.04. The summed E-state index contributed by atoms with van der Waals surface area (Å²) in [7, 11) is -3.23. The number of aromatic nitrogens is 2. The zero-order chi connectivity index (χ0) is 17.0. The van der Waals surface area contributed by atoms with Gasteiger partial charge in [-0.3, -0.25) is 0 Å². The molecule has 0 bridgehead atoms. The van der Waals surface area contributed by atoms with E-state index in [-0.39, 0.29) is 5.25 Å². The molecule has 1 saturated heterocycles. The summed E-state index contributed by atoms with van der Waals surface area (Å²) in [4.78, 5) is 4.29. The fourth-order valence-corrected chi connectivity index (χ4v) is 4.07. The summed E-state index contributed by atoms with van der Waals surface area (Å²) in [5, 5.41) is 6.64. The van der Waals surface area contributed by atoms with Crippen LogP contribution in [0, 0.1) is 0 Å². The Morgan fingerprint density at radius 1 is 1.33 bits per heavy atom. The Kier molecular flexibility index (Phi) is 5.27. The number of hydrogen-bond acceptors (Lipinski definition) is 6. The SMILES string of the molecule is CCc1noc(-c2ccc(CCNS(=O)(=O)C3CCNC3)cc2)n1.